The van der Waals surface area contributed by atoms with Crippen LogP contribution < -0.4 is 0 Å². The fraction of sp³-hybridized carbons (Fsp3) is 0.692. The average Bonchev–Trinajstić information content (AvgIpc) is 2.62. The average molecular weight is 240 g/mol. The molecule has 1 rings (SSSR count). The molecular weight excluding hydrogens is 220 g/mol. The first-order valence-corrected chi connectivity index (χ1v) is 6.02. The summed E-state index contributed by atoms with van der Waals surface area (Å²) in [5.74, 6) is -1.83. The highest BCUT2D eigenvalue weighted by Crippen LogP contribution is 2.24. The maximum absolute atomic E-state index is 11.5. The van der Waals surface area contributed by atoms with Gasteiger partial charge in [0.25, 0.3) is 0 Å². The highest BCUT2D eigenvalue weighted by Gasteiger charge is 2.29. The molecule has 0 spiro atoms. The molecule has 1 aliphatic carbocycles. The smallest absolute Gasteiger partial charge is 0.320 e. The maximum Gasteiger partial charge on any atom is 0.320 e. The molecule has 0 unspecified atom stereocenters. The highest BCUT2D eigenvalue weighted by molar-refractivity contribution is 5.95. The first-order valence-electron chi connectivity index (χ1n) is 6.02. The lowest BCUT2D eigenvalue weighted by atomic mass is 9.96. The van der Waals surface area contributed by atoms with Crippen molar-refractivity contribution in [1.82, 2.24) is 0 Å². The third-order valence-corrected chi connectivity index (χ3v) is 3.07. The molecule has 0 saturated carbocycles. The molecule has 0 saturated heterocycles. The first kappa shape index (κ1) is 13.7. The van der Waals surface area contributed by atoms with Crippen LogP contribution >= 0.6 is 0 Å². The quantitative estimate of drug-likeness (QED) is 0.429. The van der Waals surface area contributed by atoms with E-state index < -0.39 is 17.9 Å². The van der Waals surface area contributed by atoms with Gasteiger partial charge in [-0.05, 0) is 32.1 Å². The van der Waals surface area contributed by atoms with Crippen molar-refractivity contribution in [3.8, 4) is 0 Å². The lowest BCUT2D eigenvalue weighted by molar-refractivity contribution is -0.158. The third-order valence-electron chi connectivity index (χ3n) is 3.07. The number of hydrogen-bond acceptors (Lipinski definition) is 4. The van der Waals surface area contributed by atoms with Crippen LogP contribution in [0, 0.1) is 5.92 Å². The normalized spacial score (nSPS) is 16.1. The lowest BCUT2D eigenvalue weighted by Gasteiger charge is -2.14. The topological polar surface area (TPSA) is 52.6 Å². The molecule has 0 atom stereocenters. The number of ether oxygens (including phenoxy) is 2. The summed E-state index contributed by atoms with van der Waals surface area (Å²) in [5, 5.41) is 0. The van der Waals surface area contributed by atoms with Crippen molar-refractivity contribution >= 4 is 11.9 Å². The SMILES string of the molecule is COC(=O)C(CC1=CCCCCC1)C(=O)OC. The van der Waals surface area contributed by atoms with E-state index in [4.69, 9.17) is 0 Å². The molecule has 0 aliphatic heterocycles. The number of carbonyl (C=O) groups excluding carboxylic acids is 2. The fourth-order valence-corrected chi connectivity index (χ4v) is 2.08. The fourth-order valence-electron chi connectivity index (χ4n) is 2.08. The van der Waals surface area contributed by atoms with E-state index in [1.54, 1.807) is 0 Å². The number of methoxy groups -OCH3 is 2. The third kappa shape index (κ3) is 4.21. The van der Waals surface area contributed by atoms with Gasteiger partial charge in [0.2, 0.25) is 0 Å². The number of allylic oxidation sites excluding steroid dienone is 2. The molecule has 0 aromatic rings. The Labute approximate surface area is 102 Å². The van der Waals surface area contributed by atoms with Gasteiger partial charge in [-0.25, -0.2) is 0 Å². The summed E-state index contributed by atoms with van der Waals surface area (Å²) in [6.07, 6.45) is 8.09. The summed E-state index contributed by atoms with van der Waals surface area (Å²) in [5.41, 5.74) is 1.17. The molecule has 0 aromatic heterocycles. The zero-order chi connectivity index (χ0) is 12.7. The Morgan fingerprint density at radius 2 is 1.82 bits per heavy atom. The number of hydrogen-bond donors (Lipinski definition) is 0. The Morgan fingerprint density at radius 1 is 1.18 bits per heavy atom. The van der Waals surface area contributed by atoms with Crippen LogP contribution in [0.1, 0.15) is 38.5 Å². The molecule has 4 heteroatoms. The summed E-state index contributed by atoms with van der Waals surface area (Å²) in [7, 11) is 2.58. The van der Waals surface area contributed by atoms with Crippen molar-refractivity contribution in [2.75, 3.05) is 14.2 Å². The number of esters is 2. The molecule has 0 N–H and O–H groups in total. The minimum atomic E-state index is -0.811. The van der Waals surface area contributed by atoms with E-state index in [-0.39, 0.29) is 0 Å². The summed E-state index contributed by atoms with van der Waals surface area (Å²) in [4.78, 5) is 23.0. The van der Waals surface area contributed by atoms with Crippen molar-refractivity contribution in [3.63, 3.8) is 0 Å². The van der Waals surface area contributed by atoms with Gasteiger partial charge in [-0.15, -0.1) is 0 Å². The van der Waals surface area contributed by atoms with Gasteiger partial charge in [0.1, 0.15) is 0 Å². The molecule has 0 bridgehead atoms. The summed E-state index contributed by atoms with van der Waals surface area (Å²) >= 11 is 0. The second kappa shape index (κ2) is 7.09. The van der Waals surface area contributed by atoms with Gasteiger partial charge in [0, 0.05) is 0 Å². The summed E-state index contributed by atoms with van der Waals surface area (Å²) < 4.78 is 9.28. The zero-order valence-electron chi connectivity index (χ0n) is 10.5. The second-order valence-corrected chi connectivity index (χ2v) is 4.26. The Balaban J connectivity index is 2.67. The van der Waals surface area contributed by atoms with Crippen molar-refractivity contribution in [2.45, 2.75) is 38.5 Å². The second-order valence-electron chi connectivity index (χ2n) is 4.26. The molecule has 0 heterocycles. The van der Waals surface area contributed by atoms with Crippen molar-refractivity contribution in [3.05, 3.63) is 11.6 Å². The van der Waals surface area contributed by atoms with Gasteiger partial charge in [-0.2, -0.15) is 0 Å². The number of carbonyl (C=O) groups is 2. The molecule has 0 aromatic carbocycles. The minimum Gasteiger partial charge on any atom is -0.468 e. The van der Waals surface area contributed by atoms with Gasteiger partial charge in [-0.3, -0.25) is 9.59 Å². The lowest BCUT2D eigenvalue weighted by Crippen LogP contribution is -2.27. The Hall–Kier alpha value is -1.32. The van der Waals surface area contributed by atoms with E-state index in [1.165, 1.54) is 32.6 Å². The van der Waals surface area contributed by atoms with Crippen LogP contribution in [0.3, 0.4) is 0 Å². The van der Waals surface area contributed by atoms with E-state index in [0.29, 0.717) is 6.42 Å². The highest BCUT2D eigenvalue weighted by atomic mass is 16.5. The molecule has 96 valence electrons. The van der Waals surface area contributed by atoms with Crippen LogP contribution in [0.25, 0.3) is 0 Å². The monoisotopic (exact) mass is 240 g/mol. The van der Waals surface area contributed by atoms with Crippen LogP contribution in [-0.4, -0.2) is 26.2 Å². The van der Waals surface area contributed by atoms with Crippen LogP contribution in [-0.2, 0) is 19.1 Å². The van der Waals surface area contributed by atoms with Crippen molar-refractivity contribution < 1.29 is 19.1 Å². The van der Waals surface area contributed by atoms with Gasteiger partial charge < -0.3 is 9.47 Å². The van der Waals surface area contributed by atoms with Gasteiger partial charge in [0.05, 0.1) is 14.2 Å². The summed E-state index contributed by atoms with van der Waals surface area (Å²) in [6, 6.07) is 0. The van der Waals surface area contributed by atoms with Gasteiger partial charge in [-0.1, -0.05) is 18.1 Å². The molecule has 0 amide bonds. The maximum atomic E-state index is 11.5. The predicted octanol–water partition coefficient (Wildman–Crippen LogP) is 2.23. The van der Waals surface area contributed by atoms with E-state index >= 15 is 0 Å². The molecular formula is C13H20O4. The van der Waals surface area contributed by atoms with Gasteiger partial charge >= 0.3 is 11.9 Å². The Kier molecular flexibility index (Phi) is 5.73. The standard InChI is InChI=1S/C13H20O4/c1-16-12(14)11(13(15)17-2)9-10-7-5-3-4-6-8-10/h7,11H,3-6,8-9H2,1-2H3. The Morgan fingerprint density at radius 3 is 2.41 bits per heavy atom. The molecule has 1 aliphatic rings. The van der Waals surface area contributed by atoms with Crippen molar-refractivity contribution in [1.29, 1.82) is 0 Å². The molecule has 0 radical (unpaired) electrons. The summed E-state index contributed by atoms with van der Waals surface area (Å²) in [6.45, 7) is 0. The molecule has 17 heavy (non-hydrogen) atoms. The predicted molar refractivity (Wildman–Crippen MR) is 63.3 cm³/mol. The zero-order valence-corrected chi connectivity index (χ0v) is 10.5. The van der Waals surface area contributed by atoms with Crippen molar-refractivity contribution in [2.24, 2.45) is 5.92 Å². The Bertz CT molecular complexity index is 291. The van der Waals surface area contributed by atoms with Gasteiger partial charge in [0.15, 0.2) is 5.92 Å². The van der Waals surface area contributed by atoms with E-state index in [9.17, 15) is 9.59 Å². The van der Waals surface area contributed by atoms with Crippen LogP contribution in [0.4, 0.5) is 0 Å². The van der Waals surface area contributed by atoms with E-state index in [1.807, 2.05) is 0 Å². The molecule has 4 nitrogen and oxygen atoms in total. The van der Waals surface area contributed by atoms with Crippen LogP contribution in [0.2, 0.25) is 0 Å². The van der Waals surface area contributed by atoms with E-state index in [2.05, 4.69) is 15.5 Å². The first-order chi connectivity index (χ1) is 8.19. The largest absolute Gasteiger partial charge is 0.468 e. The van der Waals surface area contributed by atoms with Crippen LogP contribution in [0.15, 0.2) is 11.6 Å². The number of rotatable bonds is 4. The minimum absolute atomic E-state index is 0.430. The van der Waals surface area contributed by atoms with Crippen LogP contribution in [0.5, 0.6) is 0 Å². The van der Waals surface area contributed by atoms with E-state index in [0.717, 1.165) is 19.3 Å². The molecule has 0 fully saturated rings.